The van der Waals surface area contributed by atoms with Crippen LogP contribution in [0.15, 0.2) is 30.6 Å². The van der Waals surface area contributed by atoms with Gasteiger partial charge in [-0.15, -0.1) is 5.10 Å². The molecule has 34 heavy (non-hydrogen) atoms. The first-order valence-corrected chi connectivity index (χ1v) is 11.7. The van der Waals surface area contributed by atoms with Crippen LogP contribution in [0.3, 0.4) is 0 Å². The van der Waals surface area contributed by atoms with Crippen LogP contribution in [-0.2, 0) is 6.54 Å². The lowest BCUT2D eigenvalue weighted by molar-refractivity contribution is 0.0195. The monoisotopic (exact) mass is 458 g/mol. The third kappa shape index (κ3) is 4.21. The number of fused-ring (bicyclic) bond motifs is 2. The second kappa shape index (κ2) is 8.06. The Morgan fingerprint density at radius 2 is 2.00 bits per heavy atom. The first-order chi connectivity index (χ1) is 16.1. The molecule has 0 aromatic carbocycles. The highest BCUT2D eigenvalue weighted by Gasteiger charge is 2.29. The van der Waals surface area contributed by atoms with Crippen molar-refractivity contribution in [2.75, 3.05) is 5.32 Å². The van der Waals surface area contributed by atoms with Gasteiger partial charge in [0.1, 0.15) is 11.3 Å². The Balaban J connectivity index is 1.44. The van der Waals surface area contributed by atoms with E-state index in [2.05, 4.69) is 26.5 Å². The van der Waals surface area contributed by atoms with Crippen LogP contribution in [0.25, 0.3) is 27.9 Å². The summed E-state index contributed by atoms with van der Waals surface area (Å²) in [5.74, 6) is 1.42. The minimum Gasteiger partial charge on any atom is -0.390 e. The number of nitriles is 1. The Morgan fingerprint density at radius 1 is 1.24 bits per heavy atom. The number of hydrogen-bond donors (Lipinski definition) is 2. The summed E-state index contributed by atoms with van der Waals surface area (Å²) < 4.78 is 3.83. The maximum Gasteiger partial charge on any atom is 0.241 e. The van der Waals surface area contributed by atoms with E-state index < -0.39 is 11.0 Å². The molecule has 0 bridgehead atoms. The minimum absolute atomic E-state index is 0.262. The number of nitrogens with one attached hydrogen (secondary N) is 1. The van der Waals surface area contributed by atoms with Gasteiger partial charge in [0, 0.05) is 24.3 Å². The summed E-state index contributed by atoms with van der Waals surface area (Å²) >= 11 is 0. The lowest BCUT2D eigenvalue weighted by Crippen LogP contribution is -2.36. The zero-order valence-corrected chi connectivity index (χ0v) is 20.1. The van der Waals surface area contributed by atoms with Crippen LogP contribution in [0.1, 0.15) is 52.3 Å². The van der Waals surface area contributed by atoms with Crippen LogP contribution in [0, 0.1) is 23.7 Å². The van der Waals surface area contributed by atoms with Crippen LogP contribution in [0.4, 0.5) is 5.95 Å². The van der Waals surface area contributed by atoms with Crippen molar-refractivity contribution >= 4 is 22.6 Å². The Morgan fingerprint density at radius 3 is 2.74 bits per heavy atom. The van der Waals surface area contributed by atoms with Crippen molar-refractivity contribution in [2.24, 2.45) is 5.41 Å². The number of hydrogen-bond acceptors (Lipinski definition) is 7. The van der Waals surface area contributed by atoms with E-state index in [0.717, 1.165) is 59.4 Å². The molecule has 0 spiro atoms. The molecular formula is C25H30N8O. The SMILES string of the molecule is Cc1nc2ccc(-c3ccn4nc(N[C@H]5CC[C@@](C)(O)CC5)ncc34)nc2n1CC(C)(C)C#N. The van der Waals surface area contributed by atoms with Crippen molar-refractivity contribution in [1.82, 2.24) is 29.1 Å². The van der Waals surface area contributed by atoms with Crippen molar-refractivity contribution in [2.45, 2.75) is 71.6 Å². The number of aliphatic hydroxyl groups is 1. The fourth-order valence-electron chi connectivity index (χ4n) is 4.63. The molecule has 9 nitrogen and oxygen atoms in total. The predicted octanol–water partition coefficient (Wildman–Crippen LogP) is 4.10. The summed E-state index contributed by atoms with van der Waals surface area (Å²) in [6.45, 7) is 8.20. The molecule has 2 N–H and O–H groups in total. The molecular weight excluding hydrogens is 428 g/mol. The van der Waals surface area contributed by atoms with Gasteiger partial charge < -0.3 is 15.0 Å². The van der Waals surface area contributed by atoms with Crippen molar-refractivity contribution in [3.63, 3.8) is 0 Å². The summed E-state index contributed by atoms with van der Waals surface area (Å²) in [4.78, 5) is 14.1. The summed E-state index contributed by atoms with van der Waals surface area (Å²) in [5.41, 5.74) is 3.10. The molecule has 0 atom stereocenters. The van der Waals surface area contributed by atoms with Gasteiger partial charge in [-0.2, -0.15) is 5.26 Å². The quantitative estimate of drug-likeness (QED) is 0.462. The molecule has 0 aliphatic heterocycles. The van der Waals surface area contributed by atoms with Gasteiger partial charge >= 0.3 is 0 Å². The van der Waals surface area contributed by atoms with Gasteiger partial charge in [-0.25, -0.2) is 19.5 Å². The first-order valence-electron chi connectivity index (χ1n) is 11.7. The van der Waals surface area contributed by atoms with Crippen LogP contribution in [0.5, 0.6) is 0 Å². The summed E-state index contributed by atoms with van der Waals surface area (Å²) in [5, 5.41) is 27.7. The number of imidazole rings is 1. The fraction of sp³-hybridized carbons (Fsp3) is 0.480. The van der Waals surface area contributed by atoms with Gasteiger partial charge in [-0.3, -0.25) is 0 Å². The molecule has 176 valence electrons. The Labute approximate surface area is 198 Å². The van der Waals surface area contributed by atoms with Crippen molar-refractivity contribution < 1.29 is 5.11 Å². The molecule has 1 aliphatic rings. The molecule has 0 saturated heterocycles. The lowest BCUT2D eigenvalue weighted by Gasteiger charge is -2.33. The van der Waals surface area contributed by atoms with Crippen LogP contribution in [0.2, 0.25) is 0 Å². The number of rotatable bonds is 5. The van der Waals surface area contributed by atoms with Gasteiger partial charge in [0.15, 0.2) is 5.65 Å². The molecule has 5 rings (SSSR count). The number of aryl methyl sites for hydroxylation is 1. The van der Waals surface area contributed by atoms with E-state index in [0.29, 0.717) is 12.5 Å². The normalized spacial score (nSPS) is 21.1. The highest BCUT2D eigenvalue weighted by atomic mass is 16.3. The van der Waals surface area contributed by atoms with Crippen molar-refractivity contribution in [3.8, 4) is 17.3 Å². The smallest absolute Gasteiger partial charge is 0.241 e. The molecule has 1 aliphatic carbocycles. The zero-order valence-electron chi connectivity index (χ0n) is 20.1. The molecule has 1 saturated carbocycles. The van der Waals surface area contributed by atoms with Gasteiger partial charge in [0.2, 0.25) is 5.95 Å². The highest BCUT2D eigenvalue weighted by molar-refractivity contribution is 5.82. The van der Waals surface area contributed by atoms with E-state index in [4.69, 9.17) is 4.98 Å². The topological polar surface area (TPSA) is 117 Å². The highest BCUT2D eigenvalue weighted by Crippen LogP contribution is 2.30. The Bertz CT molecular complexity index is 1400. The van der Waals surface area contributed by atoms with Crippen LogP contribution < -0.4 is 5.32 Å². The molecule has 0 unspecified atom stereocenters. The number of pyridine rings is 1. The Kier molecular flexibility index (Phi) is 5.29. The molecule has 9 heteroatoms. The molecule has 0 amide bonds. The average molecular weight is 459 g/mol. The average Bonchev–Trinajstić information content (AvgIpc) is 3.35. The van der Waals surface area contributed by atoms with Gasteiger partial charge in [-0.1, -0.05) is 0 Å². The molecule has 4 aromatic rings. The van der Waals surface area contributed by atoms with Gasteiger partial charge in [0.25, 0.3) is 0 Å². The summed E-state index contributed by atoms with van der Waals surface area (Å²) in [7, 11) is 0. The number of nitrogens with zero attached hydrogens (tertiary/aromatic N) is 7. The zero-order chi connectivity index (χ0) is 24.1. The van der Waals surface area contributed by atoms with E-state index in [1.165, 1.54) is 0 Å². The van der Waals surface area contributed by atoms with Crippen LogP contribution >= 0.6 is 0 Å². The van der Waals surface area contributed by atoms with Crippen molar-refractivity contribution in [1.29, 1.82) is 5.26 Å². The lowest BCUT2D eigenvalue weighted by atomic mass is 9.84. The largest absolute Gasteiger partial charge is 0.390 e. The third-order valence-electron chi connectivity index (χ3n) is 6.73. The minimum atomic E-state index is -0.565. The second-order valence-electron chi connectivity index (χ2n) is 10.3. The van der Waals surface area contributed by atoms with Gasteiger partial charge in [-0.05, 0) is 71.6 Å². The standard InChI is InChI=1S/C25H30N8O/c1-16-28-20-6-5-19(30-22(20)32(16)15-24(2,3)14-26)18-9-12-33-21(18)13-27-23(31-33)29-17-7-10-25(4,34)11-8-17/h5-6,9,12-13,17,34H,7-8,10-11,15H2,1-4H3,(H,29,31)/t17-,25+. The maximum atomic E-state index is 10.2. The Hall–Kier alpha value is -3.51. The second-order valence-corrected chi connectivity index (χ2v) is 10.3. The van der Waals surface area contributed by atoms with E-state index >= 15 is 0 Å². The van der Waals surface area contributed by atoms with Crippen LogP contribution in [-0.4, -0.2) is 45.9 Å². The van der Waals surface area contributed by atoms with E-state index in [1.54, 1.807) is 0 Å². The van der Waals surface area contributed by atoms with Gasteiger partial charge in [0.05, 0.1) is 34.5 Å². The van der Waals surface area contributed by atoms with E-state index in [-0.39, 0.29) is 6.04 Å². The maximum absolute atomic E-state index is 10.2. The first kappa shape index (κ1) is 22.3. The molecule has 1 fully saturated rings. The molecule has 4 heterocycles. The number of anilines is 1. The number of aromatic nitrogens is 6. The molecule has 0 radical (unpaired) electrons. The fourth-order valence-corrected chi connectivity index (χ4v) is 4.63. The molecule has 4 aromatic heterocycles. The summed E-state index contributed by atoms with van der Waals surface area (Å²) in [6, 6.07) is 8.55. The van der Waals surface area contributed by atoms with E-state index in [1.807, 2.05) is 67.4 Å². The van der Waals surface area contributed by atoms with E-state index in [9.17, 15) is 10.4 Å². The third-order valence-corrected chi connectivity index (χ3v) is 6.73. The summed E-state index contributed by atoms with van der Waals surface area (Å²) in [6.07, 6.45) is 7.07. The van der Waals surface area contributed by atoms with Crippen molar-refractivity contribution in [3.05, 3.63) is 36.4 Å². The predicted molar refractivity (Wildman–Crippen MR) is 130 cm³/mol.